The Balaban J connectivity index is 1.65. The molecule has 1 amide bonds. The summed E-state index contributed by atoms with van der Waals surface area (Å²) in [5.74, 6) is -0.123. The number of benzene rings is 1. The average Bonchev–Trinajstić information content (AvgIpc) is 3.18. The van der Waals surface area contributed by atoms with Gasteiger partial charge in [0.05, 0.1) is 28.9 Å². The molecule has 158 valence electrons. The zero-order chi connectivity index (χ0) is 21.1. The number of aryl methyl sites for hydroxylation is 1. The Morgan fingerprint density at radius 2 is 1.93 bits per heavy atom. The van der Waals surface area contributed by atoms with Crippen LogP contribution in [0.25, 0.3) is 11.0 Å². The molecule has 1 aliphatic carbocycles. The van der Waals surface area contributed by atoms with E-state index in [4.69, 9.17) is 0 Å². The number of pyridine rings is 1. The molecule has 0 radical (unpaired) electrons. The molecule has 0 spiro atoms. The van der Waals surface area contributed by atoms with E-state index in [1.54, 1.807) is 6.20 Å². The summed E-state index contributed by atoms with van der Waals surface area (Å²) in [5, 5.41) is 12.2. The van der Waals surface area contributed by atoms with Gasteiger partial charge in [-0.15, -0.1) is 0 Å². The smallest absolute Gasteiger partial charge is 0.255 e. The van der Waals surface area contributed by atoms with E-state index in [1.165, 1.54) is 19.3 Å². The quantitative estimate of drug-likeness (QED) is 0.503. The molecule has 1 fully saturated rings. The van der Waals surface area contributed by atoms with E-state index in [-0.39, 0.29) is 11.9 Å². The molecule has 0 bridgehead atoms. The van der Waals surface area contributed by atoms with Gasteiger partial charge in [-0.3, -0.25) is 4.79 Å². The van der Waals surface area contributed by atoms with Gasteiger partial charge in [0.1, 0.15) is 0 Å². The molecule has 2 heterocycles. The molecule has 0 aliphatic heterocycles. The largest absolute Gasteiger partial charge is 0.381 e. The number of fused-ring (bicyclic) bond motifs is 1. The summed E-state index contributed by atoms with van der Waals surface area (Å²) >= 11 is 3.46. The van der Waals surface area contributed by atoms with E-state index in [0.717, 1.165) is 46.1 Å². The third-order valence-corrected chi connectivity index (χ3v) is 6.41. The first-order chi connectivity index (χ1) is 14.6. The second kappa shape index (κ2) is 9.16. The lowest BCUT2D eigenvalue weighted by Crippen LogP contribution is -2.29. The summed E-state index contributed by atoms with van der Waals surface area (Å²) in [7, 11) is 0. The normalized spacial score (nSPS) is 15.8. The van der Waals surface area contributed by atoms with Crippen molar-refractivity contribution in [3.63, 3.8) is 0 Å². The van der Waals surface area contributed by atoms with Gasteiger partial charge in [-0.1, -0.05) is 47.3 Å². The van der Waals surface area contributed by atoms with Gasteiger partial charge in [-0.25, -0.2) is 9.67 Å². The van der Waals surface area contributed by atoms with Crippen molar-refractivity contribution in [2.24, 2.45) is 0 Å². The fourth-order valence-corrected chi connectivity index (χ4v) is 4.41. The molecule has 3 aromatic rings. The van der Waals surface area contributed by atoms with Crippen LogP contribution >= 0.6 is 15.9 Å². The van der Waals surface area contributed by atoms with E-state index < -0.39 is 0 Å². The van der Waals surface area contributed by atoms with Crippen LogP contribution in [0, 0.1) is 0 Å². The monoisotopic (exact) mass is 469 g/mol. The zero-order valence-corrected chi connectivity index (χ0v) is 19.1. The standard InChI is InChI=1S/C23H28BrN5O/c1-3-29-22-19(14-26-29)21(28-18-7-5-4-6-8-18)20(13-25-22)23(30)27-15(2)16-9-11-17(24)12-10-16/h9-15,18H,3-8H2,1-2H3,(H,25,28)(H,27,30)/t15-/m1/s1. The molecule has 2 N–H and O–H groups in total. The molecule has 7 heteroatoms. The third-order valence-electron chi connectivity index (χ3n) is 5.88. The van der Waals surface area contributed by atoms with Gasteiger partial charge in [0.15, 0.2) is 5.65 Å². The summed E-state index contributed by atoms with van der Waals surface area (Å²) in [6.45, 7) is 4.78. The number of carbonyl (C=O) groups excluding carboxylic acids is 1. The molecule has 1 atom stereocenters. The van der Waals surface area contributed by atoms with Crippen LogP contribution in [-0.4, -0.2) is 26.7 Å². The van der Waals surface area contributed by atoms with Crippen LogP contribution in [0.5, 0.6) is 0 Å². The van der Waals surface area contributed by atoms with E-state index in [9.17, 15) is 4.79 Å². The highest BCUT2D eigenvalue weighted by Gasteiger charge is 2.23. The summed E-state index contributed by atoms with van der Waals surface area (Å²) in [4.78, 5) is 17.8. The van der Waals surface area contributed by atoms with Crippen molar-refractivity contribution < 1.29 is 4.79 Å². The minimum atomic E-state index is -0.123. The topological polar surface area (TPSA) is 71.8 Å². The van der Waals surface area contributed by atoms with Crippen LogP contribution in [0.4, 0.5) is 5.69 Å². The number of nitrogens with one attached hydrogen (secondary N) is 2. The van der Waals surface area contributed by atoms with Crippen LogP contribution in [0.15, 0.2) is 41.1 Å². The van der Waals surface area contributed by atoms with Crippen molar-refractivity contribution in [1.82, 2.24) is 20.1 Å². The van der Waals surface area contributed by atoms with E-state index in [0.29, 0.717) is 11.6 Å². The van der Waals surface area contributed by atoms with Gasteiger partial charge in [0.25, 0.3) is 5.91 Å². The predicted octanol–water partition coefficient (Wildman–Crippen LogP) is 5.45. The first kappa shape index (κ1) is 20.8. The zero-order valence-electron chi connectivity index (χ0n) is 17.5. The highest BCUT2D eigenvalue weighted by Crippen LogP contribution is 2.30. The van der Waals surface area contributed by atoms with Crippen molar-refractivity contribution in [2.45, 2.75) is 64.6 Å². The lowest BCUT2D eigenvalue weighted by atomic mass is 9.95. The molecule has 30 heavy (non-hydrogen) atoms. The number of amides is 1. The fourth-order valence-electron chi connectivity index (χ4n) is 4.15. The number of carbonyl (C=O) groups is 1. The van der Waals surface area contributed by atoms with Crippen molar-refractivity contribution in [3.05, 3.63) is 52.3 Å². The SMILES string of the molecule is CCn1ncc2c(NC3CCCCC3)c(C(=O)N[C@H](C)c3ccc(Br)cc3)cnc21. The average molecular weight is 470 g/mol. The Hall–Kier alpha value is -2.41. The van der Waals surface area contributed by atoms with Crippen molar-refractivity contribution >= 4 is 38.6 Å². The molecule has 0 saturated heterocycles. The Bertz CT molecular complexity index is 1020. The highest BCUT2D eigenvalue weighted by atomic mass is 79.9. The van der Waals surface area contributed by atoms with Gasteiger partial charge in [-0.05, 0) is 44.4 Å². The van der Waals surface area contributed by atoms with Gasteiger partial charge >= 0.3 is 0 Å². The van der Waals surface area contributed by atoms with Gasteiger partial charge in [0, 0.05) is 23.3 Å². The maximum Gasteiger partial charge on any atom is 0.255 e. The number of anilines is 1. The van der Waals surface area contributed by atoms with Gasteiger partial charge < -0.3 is 10.6 Å². The molecule has 6 nitrogen and oxygen atoms in total. The van der Waals surface area contributed by atoms with Crippen molar-refractivity contribution in [1.29, 1.82) is 0 Å². The molecular weight excluding hydrogens is 442 g/mol. The summed E-state index contributed by atoms with van der Waals surface area (Å²) in [6, 6.07) is 8.28. The van der Waals surface area contributed by atoms with Crippen LogP contribution in [-0.2, 0) is 6.54 Å². The second-order valence-corrected chi connectivity index (χ2v) is 8.89. The molecular formula is C23H28BrN5O. The maximum atomic E-state index is 13.3. The molecule has 1 saturated carbocycles. The van der Waals surface area contributed by atoms with E-state index in [1.807, 2.05) is 49.0 Å². The highest BCUT2D eigenvalue weighted by molar-refractivity contribution is 9.10. The fraction of sp³-hybridized carbons (Fsp3) is 0.435. The minimum Gasteiger partial charge on any atom is -0.381 e. The molecule has 1 aliphatic rings. The van der Waals surface area contributed by atoms with Crippen LogP contribution in [0.1, 0.15) is 67.9 Å². The summed E-state index contributed by atoms with van der Waals surface area (Å²) < 4.78 is 2.89. The number of rotatable bonds is 6. The van der Waals surface area contributed by atoms with E-state index >= 15 is 0 Å². The molecule has 2 aromatic heterocycles. The number of hydrogen-bond acceptors (Lipinski definition) is 4. The number of hydrogen-bond donors (Lipinski definition) is 2. The Morgan fingerprint density at radius 3 is 2.63 bits per heavy atom. The van der Waals surface area contributed by atoms with E-state index in [2.05, 4.69) is 36.6 Å². The summed E-state index contributed by atoms with van der Waals surface area (Å²) in [5.41, 5.74) is 3.30. The lowest BCUT2D eigenvalue weighted by Gasteiger charge is -2.25. The second-order valence-electron chi connectivity index (χ2n) is 7.97. The minimum absolute atomic E-state index is 0.109. The molecule has 0 unspecified atom stereocenters. The lowest BCUT2D eigenvalue weighted by molar-refractivity contribution is 0.0940. The Kier molecular flexibility index (Phi) is 6.37. The van der Waals surface area contributed by atoms with Crippen LogP contribution < -0.4 is 10.6 Å². The van der Waals surface area contributed by atoms with Gasteiger partial charge in [-0.2, -0.15) is 5.10 Å². The van der Waals surface area contributed by atoms with Crippen molar-refractivity contribution in [2.75, 3.05) is 5.32 Å². The van der Waals surface area contributed by atoms with Crippen LogP contribution in [0.2, 0.25) is 0 Å². The Labute approximate surface area is 185 Å². The number of aromatic nitrogens is 3. The molecule has 1 aromatic carbocycles. The number of nitrogens with zero attached hydrogens (tertiary/aromatic N) is 3. The summed E-state index contributed by atoms with van der Waals surface area (Å²) in [6.07, 6.45) is 9.50. The van der Waals surface area contributed by atoms with Crippen LogP contribution in [0.3, 0.4) is 0 Å². The Morgan fingerprint density at radius 1 is 1.20 bits per heavy atom. The predicted molar refractivity (Wildman–Crippen MR) is 124 cm³/mol. The van der Waals surface area contributed by atoms with Crippen molar-refractivity contribution in [3.8, 4) is 0 Å². The first-order valence-electron chi connectivity index (χ1n) is 10.7. The first-order valence-corrected chi connectivity index (χ1v) is 11.5. The number of halogens is 1. The molecule has 4 rings (SSSR count). The third kappa shape index (κ3) is 4.36. The maximum absolute atomic E-state index is 13.3. The van der Waals surface area contributed by atoms with Gasteiger partial charge in [0.2, 0.25) is 0 Å².